The first-order valence-corrected chi connectivity index (χ1v) is 4.69. The zero-order valence-electron chi connectivity index (χ0n) is 7.94. The van der Waals surface area contributed by atoms with Crippen molar-refractivity contribution in [3.8, 4) is 0 Å². The van der Waals surface area contributed by atoms with Crippen molar-refractivity contribution in [1.29, 1.82) is 0 Å². The largest absolute Gasteiger partial charge is 0.241 e. The first-order valence-electron chi connectivity index (χ1n) is 4.31. The monoisotopic (exact) mass is 209 g/mol. The van der Waals surface area contributed by atoms with E-state index in [9.17, 15) is 4.39 Å². The number of halogens is 2. The van der Waals surface area contributed by atoms with Gasteiger partial charge in [0.1, 0.15) is 11.0 Å². The molecule has 0 saturated carbocycles. The summed E-state index contributed by atoms with van der Waals surface area (Å²) >= 11 is 5.93. The number of hydrogen-bond donors (Lipinski definition) is 0. The second-order valence-corrected chi connectivity index (χ2v) is 3.75. The Balaban J connectivity index is 2.94. The molecule has 0 spiro atoms. The summed E-state index contributed by atoms with van der Waals surface area (Å²) in [6.45, 7) is 3.63. The third-order valence-electron chi connectivity index (χ3n) is 2.12. The van der Waals surface area contributed by atoms with Crippen LogP contribution in [0.5, 0.6) is 0 Å². The minimum absolute atomic E-state index is 0.243. The maximum atomic E-state index is 13.5. The van der Waals surface area contributed by atoms with E-state index in [-0.39, 0.29) is 5.82 Å². The molecule has 1 heterocycles. The molecule has 0 aliphatic rings. The second-order valence-electron chi connectivity index (χ2n) is 3.40. The molecule has 0 amide bonds. The predicted molar refractivity (Wildman–Crippen MR) is 56.2 cm³/mol. The average Bonchev–Trinajstić information content (AvgIpc) is 2.07. The first kappa shape index (κ1) is 9.41. The van der Waals surface area contributed by atoms with Crippen LogP contribution >= 0.6 is 11.6 Å². The van der Waals surface area contributed by atoms with Gasteiger partial charge in [-0.05, 0) is 37.6 Å². The summed E-state index contributed by atoms with van der Waals surface area (Å²) in [5.41, 5.74) is 1.58. The van der Waals surface area contributed by atoms with Crippen LogP contribution in [0.3, 0.4) is 0 Å². The number of benzene rings is 1. The highest BCUT2D eigenvalue weighted by Gasteiger charge is 2.07. The Morgan fingerprint density at radius 1 is 1.14 bits per heavy atom. The van der Waals surface area contributed by atoms with Crippen LogP contribution in [0.15, 0.2) is 18.2 Å². The van der Waals surface area contributed by atoms with E-state index in [4.69, 9.17) is 11.6 Å². The lowest BCUT2D eigenvalue weighted by Gasteiger charge is -2.04. The van der Waals surface area contributed by atoms with E-state index in [0.29, 0.717) is 15.9 Å². The van der Waals surface area contributed by atoms with Crippen molar-refractivity contribution in [3.05, 3.63) is 40.4 Å². The fraction of sp³-hybridized carbons (Fsp3) is 0.182. The number of aromatic nitrogens is 1. The van der Waals surface area contributed by atoms with Gasteiger partial charge in [-0.25, -0.2) is 9.37 Å². The van der Waals surface area contributed by atoms with E-state index < -0.39 is 0 Å². The molecule has 1 nitrogen and oxygen atoms in total. The third-order valence-corrected chi connectivity index (χ3v) is 2.41. The summed E-state index contributed by atoms with van der Waals surface area (Å²) in [5, 5.41) is 1.57. The van der Waals surface area contributed by atoms with Crippen LogP contribution < -0.4 is 0 Å². The van der Waals surface area contributed by atoms with E-state index in [1.54, 1.807) is 13.0 Å². The van der Waals surface area contributed by atoms with E-state index in [1.807, 2.05) is 13.0 Å². The molecule has 0 radical (unpaired) electrons. The number of rotatable bonds is 0. The Hall–Kier alpha value is -1.15. The highest BCUT2D eigenvalue weighted by atomic mass is 35.5. The van der Waals surface area contributed by atoms with Gasteiger partial charge >= 0.3 is 0 Å². The van der Waals surface area contributed by atoms with Crippen LogP contribution in [-0.2, 0) is 0 Å². The van der Waals surface area contributed by atoms with Gasteiger partial charge in [-0.15, -0.1) is 0 Å². The molecule has 1 aromatic heterocycles. The fourth-order valence-electron chi connectivity index (χ4n) is 1.53. The van der Waals surface area contributed by atoms with Gasteiger partial charge in [-0.3, -0.25) is 0 Å². The van der Waals surface area contributed by atoms with Crippen molar-refractivity contribution >= 4 is 22.4 Å². The maximum Gasteiger partial charge on any atom is 0.137 e. The summed E-state index contributed by atoms with van der Waals surface area (Å²) in [6.07, 6.45) is 0. The molecular weight excluding hydrogens is 201 g/mol. The smallest absolute Gasteiger partial charge is 0.137 e. The number of nitrogens with zero attached hydrogens (tertiary/aromatic N) is 1. The molecule has 0 N–H and O–H groups in total. The lowest BCUT2D eigenvalue weighted by Crippen LogP contribution is -1.88. The summed E-state index contributed by atoms with van der Waals surface area (Å²) in [5.74, 6) is -0.243. The van der Waals surface area contributed by atoms with Crippen molar-refractivity contribution < 1.29 is 4.39 Å². The second kappa shape index (κ2) is 3.21. The van der Waals surface area contributed by atoms with Gasteiger partial charge in [0.05, 0.1) is 0 Å². The summed E-state index contributed by atoms with van der Waals surface area (Å²) in [7, 11) is 0. The van der Waals surface area contributed by atoms with Crippen LogP contribution in [0.4, 0.5) is 4.39 Å². The summed E-state index contributed by atoms with van der Waals surface area (Å²) in [6, 6.07) is 5.04. The molecule has 1 aromatic carbocycles. The molecule has 0 aliphatic heterocycles. The van der Waals surface area contributed by atoms with Crippen molar-refractivity contribution in [2.24, 2.45) is 0 Å². The van der Waals surface area contributed by atoms with Crippen LogP contribution in [0.1, 0.15) is 11.3 Å². The van der Waals surface area contributed by atoms with Gasteiger partial charge in [-0.2, -0.15) is 0 Å². The van der Waals surface area contributed by atoms with Gasteiger partial charge in [0, 0.05) is 16.5 Å². The lowest BCUT2D eigenvalue weighted by atomic mass is 10.1. The predicted octanol–water partition coefficient (Wildman–Crippen LogP) is 3.64. The Morgan fingerprint density at radius 2 is 1.86 bits per heavy atom. The Kier molecular flexibility index (Phi) is 2.16. The van der Waals surface area contributed by atoms with Crippen molar-refractivity contribution in [2.45, 2.75) is 13.8 Å². The van der Waals surface area contributed by atoms with Gasteiger partial charge in [-0.1, -0.05) is 11.6 Å². The molecule has 0 bridgehead atoms. The van der Waals surface area contributed by atoms with E-state index in [2.05, 4.69) is 4.98 Å². The zero-order valence-corrected chi connectivity index (χ0v) is 8.69. The molecular formula is C11H9ClFN. The molecule has 0 atom stereocenters. The molecule has 0 unspecified atom stereocenters. The molecule has 2 aromatic rings. The van der Waals surface area contributed by atoms with Crippen LogP contribution in [0.2, 0.25) is 5.15 Å². The highest BCUT2D eigenvalue weighted by molar-refractivity contribution is 6.34. The Morgan fingerprint density at radius 3 is 2.57 bits per heavy atom. The third kappa shape index (κ3) is 1.46. The lowest BCUT2D eigenvalue weighted by molar-refractivity contribution is 0.638. The molecule has 0 saturated heterocycles. The minimum Gasteiger partial charge on any atom is -0.241 e. The summed E-state index contributed by atoms with van der Waals surface area (Å²) < 4.78 is 13.5. The maximum absolute atomic E-state index is 13.5. The average molecular weight is 210 g/mol. The van der Waals surface area contributed by atoms with Crippen LogP contribution in [0, 0.1) is 19.7 Å². The molecule has 3 heteroatoms. The topological polar surface area (TPSA) is 12.9 Å². The fourth-order valence-corrected chi connectivity index (χ4v) is 1.82. The molecule has 2 rings (SSSR count). The van der Waals surface area contributed by atoms with Crippen molar-refractivity contribution in [1.82, 2.24) is 4.98 Å². The van der Waals surface area contributed by atoms with Crippen LogP contribution in [0.25, 0.3) is 10.8 Å². The van der Waals surface area contributed by atoms with Gasteiger partial charge in [0.15, 0.2) is 0 Å². The van der Waals surface area contributed by atoms with Gasteiger partial charge < -0.3 is 0 Å². The minimum atomic E-state index is -0.243. The molecule has 72 valence electrons. The van der Waals surface area contributed by atoms with E-state index in [1.165, 1.54) is 6.07 Å². The number of aryl methyl sites for hydroxylation is 2. The summed E-state index contributed by atoms with van der Waals surface area (Å²) in [4.78, 5) is 4.08. The SMILES string of the molecule is Cc1cc(F)c2cc(C)nc(Cl)c2c1. The molecule has 0 fully saturated rings. The molecule has 14 heavy (non-hydrogen) atoms. The Labute approximate surface area is 86.5 Å². The quantitative estimate of drug-likeness (QED) is 0.604. The standard InChI is InChI=1S/C11H9ClFN/c1-6-3-9-8(10(13)4-6)5-7(2)14-11(9)12/h3-5H,1-2H3. The zero-order chi connectivity index (χ0) is 10.3. The Bertz CT molecular complexity index is 461. The highest BCUT2D eigenvalue weighted by Crippen LogP contribution is 2.26. The first-order chi connectivity index (χ1) is 6.58. The van der Waals surface area contributed by atoms with Crippen molar-refractivity contribution in [2.75, 3.05) is 0 Å². The van der Waals surface area contributed by atoms with Gasteiger partial charge in [0.25, 0.3) is 0 Å². The van der Waals surface area contributed by atoms with Crippen LogP contribution in [-0.4, -0.2) is 4.98 Å². The van der Waals surface area contributed by atoms with E-state index in [0.717, 1.165) is 11.3 Å². The number of fused-ring (bicyclic) bond motifs is 1. The van der Waals surface area contributed by atoms with Gasteiger partial charge in [0.2, 0.25) is 0 Å². The normalized spacial score (nSPS) is 10.9. The molecule has 0 aliphatic carbocycles. The van der Waals surface area contributed by atoms with Crippen molar-refractivity contribution in [3.63, 3.8) is 0 Å². The number of hydrogen-bond acceptors (Lipinski definition) is 1. The van der Waals surface area contributed by atoms with E-state index >= 15 is 0 Å². The number of pyridine rings is 1.